The number of nitrogens with one attached hydrogen (secondary N) is 1. The van der Waals surface area contributed by atoms with Crippen LogP contribution in [0, 0.1) is 0 Å². The minimum Gasteiger partial charge on any atom is -0.476 e. The Labute approximate surface area is 121 Å². The Bertz CT molecular complexity index is 414. The van der Waals surface area contributed by atoms with E-state index >= 15 is 0 Å². The van der Waals surface area contributed by atoms with Crippen molar-refractivity contribution in [2.45, 2.75) is 44.7 Å². The number of piperidine rings is 1. The number of rotatable bonds is 7. The highest BCUT2D eigenvalue weighted by Gasteiger charge is 2.20. The van der Waals surface area contributed by atoms with Crippen LogP contribution in [0.2, 0.25) is 0 Å². The molecule has 0 amide bonds. The second-order valence-corrected chi connectivity index (χ2v) is 5.87. The number of hydrogen-bond acceptors (Lipinski definition) is 4. The van der Waals surface area contributed by atoms with Gasteiger partial charge in [-0.3, -0.25) is 4.90 Å². The molecule has 2 fully saturated rings. The van der Waals surface area contributed by atoms with Gasteiger partial charge in [0.05, 0.1) is 5.69 Å². The lowest BCUT2D eigenvalue weighted by Gasteiger charge is -2.26. The fraction of sp³-hybridized carbons (Fsp3) is 0.688. The minimum atomic E-state index is 0.723. The van der Waals surface area contributed by atoms with Crippen molar-refractivity contribution in [1.82, 2.24) is 15.2 Å². The summed E-state index contributed by atoms with van der Waals surface area (Å²) in [4.78, 5) is 7.04. The van der Waals surface area contributed by atoms with Crippen molar-refractivity contribution in [2.24, 2.45) is 0 Å². The average molecular weight is 275 g/mol. The van der Waals surface area contributed by atoms with Gasteiger partial charge in [0, 0.05) is 25.2 Å². The number of pyridine rings is 1. The molecule has 1 aliphatic carbocycles. The Kier molecular flexibility index (Phi) is 4.87. The van der Waals surface area contributed by atoms with E-state index in [1.54, 1.807) is 0 Å². The van der Waals surface area contributed by atoms with Crippen molar-refractivity contribution in [3.05, 3.63) is 23.9 Å². The maximum Gasteiger partial charge on any atom is 0.213 e. The Morgan fingerprint density at radius 3 is 2.85 bits per heavy atom. The van der Waals surface area contributed by atoms with E-state index in [0.717, 1.165) is 37.3 Å². The summed E-state index contributed by atoms with van der Waals surface area (Å²) in [6.07, 6.45) is 6.67. The number of likely N-dealkylation sites (tertiary alicyclic amines) is 1. The molecule has 1 saturated carbocycles. The van der Waals surface area contributed by atoms with Crippen LogP contribution in [0.15, 0.2) is 18.2 Å². The van der Waals surface area contributed by atoms with Gasteiger partial charge in [-0.15, -0.1) is 0 Å². The molecular formula is C16H25N3O. The maximum atomic E-state index is 5.79. The summed E-state index contributed by atoms with van der Waals surface area (Å²) >= 11 is 0. The topological polar surface area (TPSA) is 37.4 Å². The molecule has 0 aromatic carbocycles. The first-order chi connectivity index (χ1) is 9.90. The molecule has 0 unspecified atom stereocenters. The van der Waals surface area contributed by atoms with Crippen LogP contribution >= 0.6 is 0 Å². The summed E-state index contributed by atoms with van der Waals surface area (Å²) in [5.41, 5.74) is 1.08. The second kappa shape index (κ2) is 7.04. The van der Waals surface area contributed by atoms with Crippen LogP contribution < -0.4 is 10.1 Å². The van der Waals surface area contributed by atoms with Crippen molar-refractivity contribution in [2.75, 3.05) is 26.2 Å². The molecule has 0 bridgehead atoms. The summed E-state index contributed by atoms with van der Waals surface area (Å²) in [7, 11) is 0. The molecule has 4 heteroatoms. The van der Waals surface area contributed by atoms with E-state index in [9.17, 15) is 0 Å². The van der Waals surface area contributed by atoms with E-state index in [2.05, 4.69) is 21.3 Å². The fourth-order valence-corrected chi connectivity index (χ4v) is 2.64. The summed E-state index contributed by atoms with van der Waals surface area (Å²) in [6.45, 7) is 5.07. The lowest BCUT2D eigenvalue weighted by atomic mass is 10.1. The van der Waals surface area contributed by atoms with Gasteiger partial charge in [0.1, 0.15) is 6.61 Å². The van der Waals surface area contributed by atoms with Gasteiger partial charge in [0.15, 0.2) is 0 Å². The molecule has 0 atom stereocenters. The predicted molar refractivity (Wildman–Crippen MR) is 79.9 cm³/mol. The highest BCUT2D eigenvalue weighted by molar-refractivity contribution is 5.16. The largest absolute Gasteiger partial charge is 0.476 e. The normalized spacial score (nSPS) is 20.0. The molecule has 2 heterocycles. The van der Waals surface area contributed by atoms with Crippen molar-refractivity contribution < 1.29 is 4.74 Å². The first-order valence-corrected chi connectivity index (χ1v) is 7.94. The zero-order chi connectivity index (χ0) is 13.6. The SMILES string of the molecule is c1cc(CNC2CC2)nc(OCCN2CCCCC2)c1. The van der Waals surface area contributed by atoms with Crippen LogP contribution in [0.4, 0.5) is 0 Å². The van der Waals surface area contributed by atoms with Crippen molar-refractivity contribution in [1.29, 1.82) is 0 Å². The molecule has 1 aliphatic heterocycles. The quantitative estimate of drug-likeness (QED) is 0.828. The van der Waals surface area contributed by atoms with Gasteiger partial charge in [-0.25, -0.2) is 4.98 Å². The lowest BCUT2D eigenvalue weighted by molar-refractivity contribution is 0.180. The molecule has 1 N–H and O–H groups in total. The number of aromatic nitrogens is 1. The highest BCUT2D eigenvalue weighted by atomic mass is 16.5. The average Bonchev–Trinajstić information content (AvgIpc) is 3.31. The van der Waals surface area contributed by atoms with Crippen LogP contribution in [-0.2, 0) is 6.54 Å². The summed E-state index contributed by atoms with van der Waals surface area (Å²) in [5.74, 6) is 0.761. The van der Waals surface area contributed by atoms with Gasteiger partial charge in [-0.05, 0) is 44.8 Å². The zero-order valence-electron chi connectivity index (χ0n) is 12.2. The van der Waals surface area contributed by atoms with E-state index < -0.39 is 0 Å². The molecule has 20 heavy (non-hydrogen) atoms. The Hall–Kier alpha value is -1.13. The van der Waals surface area contributed by atoms with E-state index in [1.807, 2.05) is 12.1 Å². The standard InChI is InChI=1S/C16H25N3O/c1-2-9-19(10-3-1)11-12-20-16-6-4-5-15(18-16)13-17-14-7-8-14/h4-6,14,17H,1-3,7-13H2. The third-order valence-electron chi connectivity index (χ3n) is 4.04. The Morgan fingerprint density at radius 1 is 1.20 bits per heavy atom. The van der Waals surface area contributed by atoms with Crippen molar-refractivity contribution in [3.63, 3.8) is 0 Å². The van der Waals surface area contributed by atoms with Crippen LogP contribution in [0.25, 0.3) is 0 Å². The van der Waals surface area contributed by atoms with Gasteiger partial charge in [-0.1, -0.05) is 12.5 Å². The molecule has 0 spiro atoms. The van der Waals surface area contributed by atoms with Gasteiger partial charge >= 0.3 is 0 Å². The highest BCUT2D eigenvalue weighted by Crippen LogP contribution is 2.19. The predicted octanol–water partition coefficient (Wildman–Crippen LogP) is 2.20. The molecule has 1 aromatic heterocycles. The number of hydrogen-bond donors (Lipinski definition) is 1. The van der Waals surface area contributed by atoms with Crippen LogP contribution in [-0.4, -0.2) is 42.2 Å². The van der Waals surface area contributed by atoms with Crippen LogP contribution in [0.5, 0.6) is 5.88 Å². The molecule has 1 saturated heterocycles. The molecular weight excluding hydrogens is 250 g/mol. The van der Waals surface area contributed by atoms with E-state index in [1.165, 1.54) is 45.2 Å². The third kappa shape index (κ3) is 4.46. The molecule has 0 radical (unpaired) electrons. The Morgan fingerprint density at radius 2 is 2.05 bits per heavy atom. The minimum absolute atomic E-state index is 0.723. The van der Waals surface area contributed by atoms with Crippen LogP contribution in [0.3, 0.4) is 0 Å². The van der Waals surface area contributed by atoms with E-state index in [0.29, 0.717) is 0 Å². The zero-order valence-corrected chi connectivity index (χ0v) is 12.2. The number of ether oxygens (including phenoxy) is 1. The van der Waals surface area contributed by atoms with Crippen molar-refractivity contribution in [3.8, 4) is 5.88 Å². The summed E-state index contributed by atoms with van der Waals surface area (Å²) in [5, 5.41) is 3.48. The van der Waals surface area contributed by atoms with Gasteiger partial charge in [0.25, 0.3) is 0 Å². The number of nitrogens with zero attached hydrogens (tertiary/aromatic N) is 2. The third-order valence-corrected chi connectivity index (χ3v) is 4.04. The molecule has 2 aliphatic rings. The van der Waals surface area contributed by atoms with Gasteiger partial charge in [-0.2, -0.15) is 0 Å². The van der Waals surface area contributed by atoms with E-state index in [4.69, 9.17) is 4.74 Å². The maximum absolute atomic E-state index is 5.79. The van der Waals surface area contributed by atoms with Gasteiger partial charge in [0.2, 0.25) is 5.88 Å². The molecule has 3 rings (SSSR count). The summed E-state index contributed by atoms with van der Waals surface area (Å²) < 4.78 is 5.79. The first-order valence-electron chi connectivity index (χ1n) is 7.94. The van der Waals surface area contributed by atoms with Gasteiger partial charge < -0.3 is 10.1 Å². The molecule has 1 aromatic rings. The lowest BCUT2D eigenvalue weighted by Crippen LogP contribution is -2.33. The first kappa shape index (κ1) is 13.8. The van der Waals surface area contributed by atoms with Crippen LogP contribution in [0.1, 0.15) is 37.8 Å². The smallest absolute Gasteiger partial charge is 0.213 e. The van der Waals surface area contributed by atoms with E-state index in [-0.39, 0.29) is 0 Å². The Balaban J connectivity index is 1.40. The molecule has 4 nitrogen and oxygen atoms in total. The monoisotopic (exact) mass is 275 g/mol. The van der Waals surface area contributed by atoms with Crippen molar-refractivity contribution >= 4 is 0 Å². The summed E-state index contributed by atoms with van der Waals surface area (Å²) in [6, 6.07) is 6.78. The molecule has 110 valence electrons. The fourth-order valence-electron chi connectivity index (χ4n) is 2.64. The second-order valence-electron chi connectivity index (χ2n) is 5.87.